The summed E-state index contributed by atoms with van der Waals surface area (Å²) in [5.74, 6) is 3.10. The minimum atomic E-state index is -0.0806. The van der Waals surface area contributed by atoms with Gasteiger partial charge >= 0.3 is 0 Å². The summed E-state index contributed by atoms with van der Waals surface area (Å²) in [5, 5.41) is 2.95. The van der Waals surface area contributed by atoms with Crippen molar-refractivity contribution in [1.29, 1.82) is 0 Å². The molecule has 0 spiro atoms. The molecule has 1 aliphatic heterocycles. The Kier molecular flexibility index (Phi) is 5.64. The summed E-state index contributed by atoms with van der Waals surface area (Å²) in [6, 6.07) is 13.8. The van der Waals surface area contributed by atoms with E-state index in [1.54, 1.807) is 18.2 Å². The molecule has 1 heterocycles. The molecule has 1 amide bonds. The summed E-state index contributed by atoms with van der Waals surface area (Å²) in [7, 11) is 0. The number of aryl methyl sites for hydroxylation is 1. The Bertz CT molecular complexity index is 700. The molecular weight excluding hydrogens is 322 g/mol. The molecule has 0 saturated carbocycles. The van der Waals surface area contributed by atoms with E-state index in [2.05, 4.69) is 36.5 Å². The summed E-state index contributed by atoms with van der Waals surface area (Å²) in [5.41, 5.74) is 3.18. The first-order chi connectivity index (χ1) is 11.7. The average Bonchev–Trinajstić information content (AvgIpc) is 2.62. The molecule has 2 aromatic carbocycles. The molecule has 0 aliphatic carbocycles. The maximum absolute atomic E-state index is 12.2. The molecule has 0 saturated heterocycles. The quantitative estimate of drug-likeness (QED) is 0.817. The Hall–Kier alpha value is -2.14. The molecule has 4 nitrogen and oxygen atoms in total. The van der Waals surface area contributed by atoms with Crippen LogP contribution in [0.15, 0.2) is 42.5 Å². The third-order valence-electron chi connectivity index (χ3n) is 3.73. The fourth-order valence-corrected chi connectivity index (χ4v) is 3.22. The van der Waals surface area contributed by atoms with E-state index in [9.17, 15) is 4.79 Å². The van der Waals surface area contributed by atoms with E-state index < -0.39 is 0 Å². The topological polar surface area (TPSA) is 47.6 Å². The van der Waals surface area contributed by atoms with Crippen LogP contribution in [0.3, 0.4) is 0 Å². The van der Waals surface area contributed by atoms with Gasteiger partial charge in [0.15, 0.2) is 11.5 Å². The van der Waals surface area contributed by atoms with Crippen molar-refractivity contribution in [2.45, 2.75) is 12.7 Å². The van der Waals surface area contributed by atoms with Crippen LogP contribution in [0.1, 0.15) is 21.5 Å². The van der Waals surface area contributed by atoms with Crippen LogP contribution in [0.2, 0.25) is 0 Å². The second kappa shape index (κ2) is 8.11. The maximum Gasteiger partial charge on any atom is 0.251 e. The SMILES string of the molecule is Cc1ccc(CSCCNC(=O)c2ccc3c(c2)OCCO3)cc1. The molecule has 3 rings (SSSR count). The van der Waals surface area contributed by atoms with E-state index in [0.29, 0.717) is 36.8 Å². The number of amides is 1. The summed E-state index contributed by atoms with van der Waals surface area (Å²) in [6.45, 7) is 3.80. The van der Waals surface area contributed by atoms with Crippen molar-refractivity contribution in [2.24, 2.45) is 0 Å². The molecule has 0 unspecified atom stereocenters. The minimum Gasteiger partial charge on any atom is -0.486 e. The molecule has 0 bridgehead atoms. The zero-order chi connectivity index (χ0) is 16.8. The van der Waals surface area contributed by atoms with Gasteiger partial charge < -0.3 is 14.8 Å². The largest absolute Gasteiger partial charge is 0.486 e. The van der Waals surface area contributed by atoms with E-state index >= 15 is 0 Å². The first-order valence-electron chi connectivity index (χ1n) is 8.03. The molecule has 1 N–H and O–H groups in total. The van der Waals surface area contributed by atoms with Crippen LogP contribution in [0.25, 0.3) is 0 Å². The molecule has 0 radical (unpaired) electrons. The van der Waals surface area contributed by atoms with E-state index in [1.807, 2.05) is 11.8 Å². The van der Waals surface area contributed by atoms with Crippen LogP contribution in [0.4, 0.5) is 0 Å². The van der Waals surface area contributed by atoms with Crippen LogP contribution in [0.5, 0.6) is 11.5 Å². The lowest BCUT2D eigenvalue weighted by Gasteiger charge is -2.18. The lowest BCUT2D eigenvalue weighted by atomic mass is 10.2. The molecule has 2 aromatic rings. The Morgan fingerprint density at radius 2 is 1.83 bits per heavy atom. The molecule has 0 atom stereocenters. The number of carbonyl (C=O) groups is 1. The fourth-order valence-electron chi connectivity index (χ4n) is 2.40. The second-order valence-corrected chi connectivity index (χ2v) is 6.76. The highest BCUT2D eigenvalue weighted by molar-refractivity contribution is 7.98. The van der Waals surface area contributed by atoms with Crippen molar-refractivity contribution in [3.8, 4) is 11.5 Å². The van der Waals surface area contributed by atoms with Gasteiger partial charge in [-0.05, 0) is 30.7 Å². The van der Waals surface area contributed by atoms with E-state index in [0.717, 1.165) is 11.5 Å². The highest BCUT2D eigenvalue weighted by atomic mass is 32.2. The number of thioether (sulfide) groups is 1. The number of rotatable bonds is 6. The van der Waals surface area contributed by atoms with Gasteiger partial charge in [-0.1, -0.05) is 29.8 Å². The summed E-state index contributed by atoms with van der Waals surface area (Å²) < 4.78 is 11.0. The normalized spacial score (nSPS) is 12.7. The number of ether oxygens (including phenoxy) is 2. The Labute approximate surface area is 146 Å². The first kappa shape index (κ1) is 16.7. The smallest absolute Gasteiger partial charge is 0.251 e. The lowest BCUT2D eigenvalue weighted by molar-refractivity contribution is 0.0955. The van der Waals surface area contributed by atoms with E-state index in [1.165, 1.54) is 11.1 Å². The zero-order valence-electron chi connectivity index (χ0n) is 13.7. The van der Waals surface area contributed by atoms with Crippen LogP contribution < -0.4 is 14.8 Å². The molecule has 1 aliphatic rings. The highest BCUT2D eigenvalue weighted by Crippen LogP contribution is 2.30. The van der Waals surface area contributed by atoms with Gasteiger partial charge in [0, 0.05) is 23.6 Å². The van der Waals surface area contributed by atoms with Gasteiger partial charge in [-0.15, -0.1) is 0 Å². The monoisotopic (exact) mass is 343 g/mol. The van der Waals surface area contributed by atoms with Crippen molar-refractivity contribution in [2.75, 3.05) is 25.5 Å². The number of benzene rings is 2. The summed E-state index contributed by atoms with van der Waals surface area (Å²) in [4.78, 5) is 12.2. The number of nitrogens with one attached hydrogen (secondary N) is 1. The fraction of sp³-hybridized carbons (Fsp3) is 0.316. The summed E-state index contributed by atoms with van der Waals surface area (Å²) in [6.07, 6.45) is 0. The average molecular weight is 343 g/mol. The number of hydrogen-bond acceptors (Lipinski definition) is 4. The van der Waals surface area contributed by atoms with Gasteiger partial charge in [-0.2, -0.15) is 11.8 Å². The van der Waals surface area contributed by atoms with E-state index in [-0.39, 0.29) is 5.91 Å². The predicted octanol–water partition coefficient (Wildman–Crippen LogP) is 3.43. The van der Waals surface area contributed by atoms with Gasteiger partial charge in [-0.3, -0.25) is 4.79 Å². The molecule has 5 heteroatoms. The van der Waals surface area contributed by atoms with Gasteiger partial charge in [0.25, 0.3) is 5.91 Å². The maximum atomic E-state index is 12.2. The zero-order valence-corrected chi connectivity index (χ0v) is 14.5. The van der Waals surface area contributed by atoms with Crippen LogP contribution in [-0.4, -0.2) is 31.4 Å². The second-order valence-electron chi connectivity index (χ2n) is 5.65. The minimum absolute atomic E-state index is 0.0806. The molecular formula is C19H21NO3S. The van der Waals surface area contributed by atoms with E-state index in [4.69, 9.17) is 9.47 Å². The molecule has 0 aromatic heterocycles. The number of carbonyl (C=O) groups excluding carboxylic acids is 1. The third kappa shape index (κ3) is 4.45. The molecule has 126 valence electrons. The van der Waals surface area contributed by atoms with Gasteiger partial charge in [-0.25, -0.2) is 0 Å². The Morgan fingerprint density at radius 1 is 1.08 bits per heavy atom. The van der Waals surface area contributed by atoms with Crippen LogP contribution in [0, 0.1) is 6.92 Å². The Balaban J connectivity index is 1.41. The number of hydrogen-bond donors (Lipinski definition) is 1. The summed E-state index contributed by atoms with van der Waals surface area (Å²) >= 11 is 1.81. The van der Waals surface area contributed by atoms with Crippen molar-refractivity contribution < 1.29 is 14.3 Å². The van der Waals surface area contributed by atoms with Crippen molar-refractivity contribution >= 4 is 17.7 Å². The third-order valence-corrected chi connectivity index (χ3v) is 4.76. The molecule has 0 fully saturated rings. The molecule has 24 heavy (non-hydrogen) atoms. The van der Waals surface area contributed by atoms with Crippen LogP contribution >= 0.6 is 11.8 Å². The van der Waals surface area contributed by atoms with Gasteiger partial charge in [0.2, 0.25) is 0 Å². The van der Waals surface area contributed by atoms with Gasteiger partial charge in [0.1, 0.15) is 13.2 Å². The Morgan fingerprint density at radius 3 is 2.62 bits per heavy atom. The lowest BCUT2D eigenvalue weighted by Crippen LogP contribution is -2.26. The number of fused-ring (bicyclic) bond motifs is 1. The van der Waals surface area contributed by atoms with Gasteiger partial charge in [0.05, 0.1) is 0 Å². The first-order valence-corrected chi connectivity index (χ1v) is 9.19. The van der Waals surface area contributed by atoms with Crippen LogP contribution in [-0.2, 0) is 5.75 Å². The highest BCUT2D eigenvalue weighted by Gasteiger charge is 2.14. The standard InChI is InChI=1S/C19H21NO3S/c1-14-2-4-15(5-3-14)13-24-11-8-20-19(21)16-6-7-17-18(12-16)23-10-9-22-17/h2-7,12H,8-11,13H2,1H3,(H,20,21). The van der Waals surface area contributed by atoms with Crippen molar-refractivity contribution in [3.05, 3.63) is 59.2 Å². The van der Waals surface area contributed by atoms with Crippen molar-refractivity contribution in [1.82, 2.24) is 5.32 Å². The van der Waals surface area contributed by atoms with Crippen molar-refractivity contribution in [3.63, 3.8) is 0 Å². The predicted molar refractivity (Wildman–Crippen MR) is 97.1 cm³/mol.